The van der Waals surface area contributed by atoms with Gasteiger partial charge in [0.25, 0.3) is 0 Å². The maximum absolute atomic E-state index is 12.8. The van der Waals surface area contributed by atoms with Crippen LogP contribution in [-0.2, 0) is 23.7 Å². The number of halogens is 4. The molecule has 0 N–H and O–H groups in total. The number of hydrogen-bond acceptors (Lipinski definition) is 6. The van der Waals surface area contributed by atoms with E-state index in [1.54, 1.807) is 28.6 Å². The Morgan fingerprint density at radius 3 is 2.79 bits per heavy atom. The number of anilines is 1. The van der Waals surface area contributed by atoms with Gasteiger partial charge in [0, 0.05) is 11.2 Å². The highest BCUT2D eigenvalue weighted by Gasteiger charge is 2.39. The summed E-state index contributed by atoms with van der Waals surface area (Å²) in [5, 5.41) is 4.52. The molecule has 0 aliphatic heterocycles. The Hall–Kier alpha value is -1.98. The van der Waals surface area contributed by atoms with Crippen molar-refractivity contribution in [3.05, 3.63) is 46.4 Å². The summed E-state index contributed by atoms with van der Waals surface area (Å²) in [7, 11) is -1.26. The molecule has 2 heterocycles. The second kappa shape index (κ2) is 7.45. The summed E-state index contributed by atoms with van der Waals surface area (Å²) >= 11 is 7.17. The summed E-state index contributed by atoms with van der Waals surface area (Å²) in [6.07, 6.45) is -1.56. The molecule has 28 heavy (non-hydrogen) atoms. The van der Waals surface area contributed by atoms with Gasteiger partial charge < -0.3 is 4.52 Å². The van der Waals surface area contributed by atoms with Crippen molar-refractivity contribution in [1.82, 2.24) is 15.1 Å². The minimum atomic E-state index is -4.71. The van der Waals surface area contributed by atoms with Crippen LogP contribution >= 0.6 is 22.9 Å². The van der Waals surface area contributed by atoms with E-state index in [-0.39, 0.29) is 17.6 Å². The fourth-order valence-corrected chi connectivity index (χ4v) is 4.96. The SMILES string of the molecule is O=S(C1CC1)N(Cc1ncc(-c2noc(C(F)(F)F)n2)s1)c1cccc(Cl)c1. The second-order valence-corrected chi connectivity index (χ2v) is 9.24. The van der Waals surface area contributed by atoms with Crippen LogP contribution < -0.4 is 4.31 Å². The number of aromatic nitrogens is 3. The van der Waals surface area contributed by atoms with E-state index in [0.29, 0.717) is 20.6 Å². The summed E-state index contributed by atoms with van der Waals surface area (Å²) in [5.74, 6) is -1.60. The number of rotatable bonds is 6. The van der Waals surface area contributed by atoms with E-state index in [2.05, 4.69) is 19.6 Å². The minimum Gasteiger partial charge on any atom is -0.329 e. The molecule has 0 spiro atoms. The molecule has 0 amide bonds. The molecule has 12 heteroatoms. The molecule has 0 bridgehead atoms. The first kappa shape index (κ1) is 19.3. The summed E-state index contributed by atoms with van der Waals surface area (Å²) < 4.78 is 56.6. The lowest BCUT2D eigenvalue weighted by molar-refractivity contribution is -0.159. The maximum atomic E-state index is 12.8. The Balaban J connectivity index is 1.58. The molecule has 3 aromatic rings. The summed E-state index contributed by atoms with van der Waals surface area (Å²) in [6.45, 7) is 0.220. The van der Waals surface area contributed by atoms with Gasteiger partial charge in [0.2, 0.25) is 5.82 Å². The van der Waals surface area contributed by atoms with E-state index in [1.165, 1.54) is 6.20 Å². The van der Waals surface area contributed by atoms with Gasteiger partial charge in [-0.2, -0.15) is 18.2 Å². The van der Waals surface area contributed by atoms with Crippen LogP contribution in [0.15, 0.2) is 35.0 Å². The first-order valence-corrected chi connectivity index (χ1v) is 10.5. The van der Waals surface area contributed by atoms with Crippen LogP contribution in [0, 0.1) is 0 Å². The number of thiazole rings is 1. The predicted octanol–water partition coefficient (Wildman–Crippen LogP) is 4.70. The third kappa shape index (κ3) is 4.20. The Bertz CT molecular complexity index is 1020. The molecule has 148 valence electrons. The van der Waals surface area contributed by atoms with Crippen molar-refractivity contribution in [3.63, 3.8) is 0 Å². The van der Waals surface area contributed by atoms with Gasteiger partial charge in [0.1, 0.15) is 16.0 Å². The summed E-state index contributed by atoms with van der Waals surface area (Å²) in [4.78, 5) is 7.92. The van der Waals surface area contributed by atoms with Gasteiger partial charge >= 0.3 is 12.1 Å². The molecule has 2 aromatic heterocycles. The van der Waals surface area contributed by atoms with Crippen molar-refractivity contribution in [2.75, 3.05) is 4.31 Å². The van der Waals surface area contributed by atoms with Crippen molar-refractivity contribution < 1.29 is 21.9 Å². The van der Waals surface area contributed by atoms with Gasteiger partial charge in [-0.3, -0.25) is 4.31 Å². The van der Waals surface area contributed by atoms with E-state index in [9.17, 15) is 17.4 Å². The van der Waals surface area contributed by atoms with Gasteiger partial charge in [-0.25, -0.2) is 9.19 Å². The van der Waals surface area contributed by atoms with Crippen LogP contribution in [0.3, 0.4) is 0 Å². The van der Waals surface area contributed by atoms with Gasteiger partial charge in [-0.1, -0.05) is 22.8 Å². The largest absolute Gasteiger partial charge is 0.471 e. The van der Waals surface area contributed by atoms with Gasteiger partial charge in [0.15, 0.2) is 0 Å². The van der Waals surface area contributed by atoms with Gasteiger partial charge in [0.05, 0.1) is 22.4 Å². The smallest absolute Gasteiger partial charge is 0.329 e. The summed E-state index contributed by atoms with van der Waals surface area (Å²) in [5.41, 5.74) is 0.688. The van der Waals surface area contributed by atoms with Gasteiger partial charge in [-0.15, -0.1) is 11.3 Å². The molecule has 1 fully saturated rings. The normalized spacial score (nSPS) is 15.6. The molecule has 4 rings (SSSR count). The lowest BCUT2D eigenvalue weighted by Crippen LogP contribution is -2.27. The fraction of sp³-hybridized carbons (Fsp3) is 0.312. The highest BCUT2D eigenvalue weighted by molar-refractivity contribution is 7.87. The quantitative estimate of drug-likeness (QED) is 0.546. The Kier molecular flexibility index (Phi) is 5.15. The topological polar surface area (TPSA) is 72.1 Å². The zero-order chi connectivity index (χ0) is 19.9. The van der Waals surface area contributed by atoms with Crippen LogP contribution in [0.1, 0.15) is 23.7 Å². The Morgan fingerprint density at radius 2 is 2.14 bits per heavy atom. The van der Waals surface area contributed by atoms with Crippen LogP contribution in [-0.4, -0.2) is 24.6 Å². The van der Waals surface area contributed by atoms with Gasteiger partial charge in [-0.05, 0) is 31.0 Å². The summed E-state index contributed by atoms with van der Waals surface area (Å²) in [6, 6.07) is 7.00. The highest BCUT2D eigenvalue weighted by atomic mass is 35.5. The van der Waals surface area contributed by atoms with Crippen molar-refractivity contribution in [1.29, 1.82) is 0 Å². The minimum absolute atomic E-state index is 0.0879. The number of nitrogens with zero attached hydrogens (tertiary/aromatic N) is 4. The Labute approximate surface area is 168 Å². The van der Waals surface area contributed by atoms with E-state index >= 15 is 0 Å². The highest BCUT2D eigenvalue weighted by Crippen LogP contribution is 2.34. The standard InChI is InChI=1S/C16H12ClF3N4O2S2/c17-9-2-1-3-10(6-9)24(28(25)11-4-5-11)8-13-21-7-12(27-13)14-22-15(26-23-14)16(18,19)20/h1-3,6-7,11H,4-5,8H2. The lowest BCUT2D eigenvalue weighted by atomic mass is 10.3. The van der Waals surface area contributed by atoms with Crippen molar-refractivity contribution in [3.8, 4) is 10.7 Å². The molecule has 1 atom stereocenters. The molecular formula is C16H12ClF3N4O2S2. The maximum Gasteiger partial charge on any atom is 0.471 e. The zero-order valence-electron chi connectivity index (χ0n) is 14.0. The van der Waals surface area contributed by atoms with Crippen LogP contribution in [0.25, 0.3) is 10.7 Å². The van der Waals surface area contributed by atoms with Crippen molar-refractivity contribution >= 4 is 39.6 Å². The number of benzene rings is 1. The number of alkyl halides is 3. The van der Waals surface area contributed by atoms with E-state index in [4.69, 9.17) is 11.6 Å². The average molecular weight is 449 g/mol. The fourth-order valence-electron chi connectivity index (χ4n) is 2.39. The molecular weight excluding hydrogens is 437 g/mol. The van der Waals surface area contributed by atoms with Crippen molar-refractivity contribution in [2.45, 2.75) is 30.8 Å². The third-order valence-corrected chi connectivity index (χ3v) is 6.87. The molecule has 1 saturated carbocycles. The second-order valence-electron chi connectivity index (χ2n) is 6.03. The van der Waals surface area contributed by atoms with Crippen LogP contribution in [0.2, 0.25) is 5.02 Å². The predicted molar refractivity (Wildman–Crippen MR) is 99.2 cm³/mol. The molecule has 1 aliphatic carbocycles. The molecule has 6 nitrogen and oxygen atoms in total. The third-order valence-electron chi connectivity index (χ3n) is 3.84. The monoisotopic (exact) mass is 448 g/mol. The average Bonchev–Trinajstić information content (AvgIpc) is 3.16. The molecule has 0 radical (unpaired) electrons. The Morgan fingerprint density at radius 1 is 1.36 bits per heavy atom. The zero-order valence-corrected chi connectivity index (χ0v) is 16.4. The van der Waals surface area contributed by atoms with E-state index in [0.717, 1.165) is 24.2 Å². The molecule has 0 saturated heterocycles. The van der Waals surface area contributed by atoms with Crippen molar-refractivity contribution in [2.24, 2.45) is 0 Å². The van der Waals surface area contributed by atoms with E-state index in [1.807, 2.05) is 0 Å². The van der Waals surface area contributed by atoms with Crippen LogP contribution in [0.4, 0.5) is 18.9 Å². The first-order valence-electron chi connectivity index (χ1n) is 8.11. The molecule has 1 unspecified atom stereocenters. The number of hydrogen-bond donors (Lipinski definition) is 0. The van der Waals surface area contributed by atoms with E-state index < -0.39 is 23.1 Å². The van der Waals surface area contributed by atoms with Crippen LogP contribution in [0.5, 0.6) is 0 Å². The molecule has 1 aromatic carbocycles. The first-order chi connectivity index (χ1) is 13.3. The molecule has 1 aliphatic rings. The lowest BCUT2D eigenvalue weighted by Gasteiger charge is -2.22.